The van der Waals surface area contributed by atoms with Crippen LogP contribution in [0.3, 0.4) is 0 Å². The molecule has 0 spiro atoms. The second-order valence-electron chi connectivity index (χ2n) is 6.13. The van der Waals surface area contributed by atoms with Crippen LogP contribution >= 0.6 is 0 Å². The summed E-state index contributed by atoms with van der Waals surface area (Å²) in [5.41, 5.74) is 9.35. The Balaban J connectivity index is 2.24. The number of nitrogens with zero attached hydrogens (tertiary/aromatic N) is 2. The molecule has 0 aromatic heterocycles. The maximum Gasteiger partial charge on any atom is 0.170 e. The number of fused-ring (bicyclic) bond motifs is 1. The van der Waals surface area contributed by atoms with Crippen LogP contribution in [0.25, 0.3) is 0 Å². The fourth-order valence-corrected chi connectivity index (χ4v) is 2.61. The second kappa shape index (κ2) is 5.21. The molecule has 19 heavy (non-hydrogen) atoms. The van der Waals surface area contributed by atoms with Crippen molar-refractivity contribution in [3.8, 4) is 0 Å². The van der Waals surface area contributed by atoms with E-state index in [1.54, 1.807) is 0 Å². The van der Waals surface area contributed by atoms with Gasteiger partial charge in [0.05, 0.1) is 0 Å². The van der Waals surface area contributed by atoms with E-state index in [4.69, 9.17) is 10.9 Å². The smallest absolute Gasteiger partial charge is 0.170 e. The van der Waals surface area contributed by atoms with E-state index in [9.17, 15) is 0 Å². The molecule has 0 radical (unpaired) electrons. The molecule has 0 unspecified atom stereocenters. The molecule has 2 rings (SSSR count). The molecule has 1 aliphatic rings. The van der Waals surface area contributed by atoms with Crippen molar-refractivity contribution in [2.45, 2.75) is 39.2 Å². The molecule has 1 aromatic rings. The van der Waals surface area contributed by atoms with Gasteiger partial charge in [0, 0.05) is 24.2 Å². The molecule has 4 nitrogen and oxygen atoms in total. The van der Waals surface area contributed by atoms with Crippen molar-refractivity contribution in [1.82, 2.24) is 4.90 Å². The van der Waals surface area contributed by atoms with Gasteiger partial charge in [-0.2, -0.15) is 0 Å². The highest BCUT2D eigenvalue weighted by atomic mass is 16.4. The minimum atomic E-state index is 0.180. The zero-order chi connectivity index (χ0) is 14.0. The highest BCUT2D eigenvalue weighted by Crippen LogP contribution is 2.22. The summed E-state index contributed by atoms with van der Waals surface area (Å²) < 4.78 is 0. The van der Waals surface area contributed by atoms with Gasteiger partial charge in [-0.25, -0.2) is 0 Å². The Labute approximate surface area is 114 Å². The van der Waals surface area contributed by atoms with Crippen LogP contribution in [0.15, 0.2) is 23.4 Å². The summed E-state index contributed by atoms with van der Waals surface area (Å²) >= 11 is 0. The minimum absolute atomic E-state index is 0.180. The van der Waals surface area contributed by atoms with E-state index in [2.05, 4.69) is 43.0 Å². The number of hydrogen-bond acceptors (Lipinski definition) is 3. The number of amidine groups is 1. The third-order valence-electron chi connectivity index (χ3n) is 3.86. The van der Waals surface area contributed by atoms with Gasteiger partial charge >= 0.3 is 0 Å². The van der Waals surface area contributed by atoms with Crippen molar-refractivity contribution >= 4 is 5.84 Å². The maximum absolute atomic E-state index is 8.75. The Hall–Kier alpha value is -1.55. The number of rotatable bonds is 1. The molecule has 0 amide bonds. The highest BCUT2D eigenvalue weighted by molar-refractivity contribution is 5.97. The summed E-state index contributed by atoms with van der Waals surface area (Å²) in [6, 6.07) is 6.09. The Bertz CT molecular complexity index is 489. The predicted octanol–water partition coefficient (Wildman–Crippen LogP) is 1.98. The normalized spacial score (nSPS) is 17.9. The SMILES string of the molecule is CC(C)(C)N1CCc2ccc(C(N)=NO)cc2CC1. The Morgan fingerprint density at radius 2 is 1.84 bits per heavy atom. The van der Waals surface area contributed by atoms with Gasteiger partial charge in [0.2, 0.25) is 0 Å². The van der Waals surface area contributed by atoms with Crippen LogP contribution in [0.2, 0.25) is 0 Å². The van der Waals surface area contributed by atoms with Gasteiger partial charge in [0.15, 0.2) is 5.84 Å². The largest absolute Gasteiger partial charge is 0.409 e. The molecule has 0 fully saturated rings. The zero-order valence-corrected chi connectivity index (χ0v) is 12.0. The molecule has 1 heterocycles. The Kier molecular flexibility index (Phi) is 3.80. The number of hydrogen-bond donors (Lipinski definition) is 2. The topological polar surface area (TPSA) is 61.8 Å². The van der Waals surface area contributed by atoms with Gasteiger partial charge in [0.25, 0.3) is 0 Å². The lowest BCUT2D eigenvalue weighted by atomic mass is 10.00. The molecule has 4 heteroatoms. The average Bonchev–Trinajstić information content (AvgIpc) is 2.58. The van der Waals surface area contributed by atoms with E-state index in [1.165, 1.54) is 11.1 Å². The van der Waals surface area contributed by atoms with Crippen LogP contribution in [-0.4, -0.2) is 34.6 Å². The van der Waals surface area contributed by atoms with Crippen LogP contribution in [0.5, 0.6) is 0 Å². The number of oxime groups is 1. The standard InChI is InChI=1S/C15H23N3O/c1-15(2,3)18-8-6-11-4-5-13(14(16)17-19)10-12(11)7-9-18/h4-5,10,19H,6-9H2,1-3H3,(H2,16,17). The number of benzene rings is 1. The Morgan fingerprint density at radius 3 is 2.42 bits per heavy atom. The van der Waals surface area contributed by atoms with Crippen molar-refractivity contribution in [1.29, 1.82) is 0 Å². The molecule has 1 aromatic carbocycles. The summed E-state index contributed by atoms with van der Waals surface area (Å²) in [4.78, 5) is 2.51. The van der Waals surface area contributed by atoms with Gasteiger partial charge in [-0.3, -0.25) is 4.90 Å². The molecular formula is C15H23N3O. The summed E-state index contributed by atoms with van der Waals surface area (Å²) in [5, 5.41) is 11.8. The monoisotopic (exact) mass is 261 g/mol. The molecule has 0 atom stereocenters. The molecule has 0 aliphatic carbocycles. The molecule has 0 saturated carbocycles. The summed E-state index contributed by atoms with van der Waals surface area (Å²) in [7, 11) is 0. The van der Waals surface area contributed by atoms with E-state index in [1.807, 2.05) is 6.07 Å². The molecule has 1 aliphatic heterocycles. The maximum atomic E-state index is 8.75. The lowest BCUT2D eigenvalue weighted by molar-refractivity contribution is 0.144. The first-order valence-electron chi connectivity index (χ1n) is 6.76. The first kappa shape index (κ1) is 13.9. The lowest BCUT2D eigenvalue weighted by Gasteiger charge is -2.34. The molecule has 0 saturated heterocycles. The zero-order valence-electron chi connectivity index (χ0n) is 12.0. The first-order chi connectivity index (χ1) is 8.91. The third-order valence-corrected chi connectivity index (χ3v) is 3.86. The number of nitrogens with two attached hydrogens (primary N) is 1. The summed E-state index contributed by atoms with van der Waals surface area (Å²) in [6.07, 6.45) is 2.07. The molecular weight excluding hydrogens is 238 g/mol. The van der Waals surface area contributed by atoms with Crippen molar-refractivity contribution in [3.63, 3.8) is 0 Å². The van der Waals surface area contributed by atoms with Crippen LogP contribution in [0, 0.1) is 0 Å². The van der Waals surface area contributed by atoms with E-state index in [0.717, 1.165) is 31.5 Å². The van der Waals surface area contributed by atoms with Gasteiger partial charge in [-0.15, -0.1) is 0 Å². The second-order valence-corrected chi connectivity index (χ2v) is 6.13. The predicted molar refractivity (Wildman–Crippen MR) is 77.7 cm³/mol. The van der Waals surface area contributed by atoms with Crippen LogP contribution in [0.4, 0.5) is 0 Å². The van der Waals surface area contributed by atoms with Gasteiger partial charge in [-0.1, -0.05) is 17.3 Å². The molecule has 104 valence electrons. The lowest BCUT2D eigenvalue weighted by Crippen LogP contribution is -2.42. The fourth-order valence-electron chi connectivity index (χ4n) is 2.61. The highest BCUT2D eigenvalue weighted by Gasteiger charge is 2.23. The van der Waals surface area contributed by atoms with E-state index in [0.29, 0.717) is 0 Å². The quantitative estimate of drug-likeness (QED) is 0.352. The van der Waals surface area contributed by atoms with Gasteiger partial charge < -0.3 is 10.9 Å². The van der Waals surface area contributed by atoms with Crippen molar-refractivity contribution in [2.24, 2.45) is 10.9 Å². The van der Waals surface area contributed by atoms with Crippen LogP contribution in [-0.2, 0) is 12.8 Å². The summed E-state index contributed by atoms with van der Waals surface area (Å²) in [6.45, 7) is 8.90. The van der Waals surface area contributed by atoms with Crippen molar-refractivity contribution < 1.29 is 5.21 Å². The van der Waals surface area contributed by atoms with E-state index in [-0.39, 0.29) is 11.4 Å². The van der Waals surface area contributed by atoms with Gasteiger partial charge in [0.1, 0.15) is 0 Å². The molecule has 0 bridgehead atoms. The van der Waals surface area contributed by atoms with E-state index < -0.39 is 0 Å². The fraction of sp³-hybridized carbons (Fsp3) is 0.533. The van der Waals surface area contributed by atoms with Crippen molar-refractivity contribution in [2.75, 3.05) is 13.1 Å². The molecule has 3 N–H and O–H groups in total. The van der Waals surface area contributed by atoms with E-state index >= 15 is 0 Å². The third kappa shape index (κ3) is 3.07. The van der Waals surface area contributed by atoms with Crippen LogP contribution in [0.1, 0.15) is 37.5 Å². The van der Waals surface area contributed by atoms with Crippen LogP contribution < -0.4 is 5.73 Å². The minimum Gasteiger partial charge on any atom is -0.409 e. The first-order valence-corrected chi connectivity index (χ1v) is 6.76. The van der Waals surface area contributed by atoms with Gasteiger partial charge in [-0.05, 0) is 50.8 Å². The average molecular weight is 261 g/mol. The Morgan fingerprint density at radius 1 is 1.21 bits per heavy atom. The summed E-state index contributed by atoms with van der Waals surface area (Å²) in [5.74, 6) is 0.180. The van der Waals surface area contributed by atoms with Crippen molar-refractivity contribution in [3.05, 3.63) is 34.9 Å².